The average molecular weight is 277 g/mol. The second kappa shape index (κ2) is 5.77. The van der Waals surface area contributed by atoms with E-state index in [1.807, 2.05) is 20.8 Å². The Morgan fingerprint density at radius 1 is 1.35 bits per heavy atom. The predicted octanol–water partition coefficient (Wildman–Crippen LogP) is 1.28. The Morgan fingerprint density at radius 2 is 2.05 bits per heavy atom. The van der Waals surface area contributed by atoms with Gasteiger partial charge in [0.1, 0.15) is 0 Å². The Hall–Kier alpha value is -1.65. The lowest BCUT2D eigenvalue weighted by Gasteiger charge is -2.18. The van der Waals surface area contributed by atoms with Crippen molar-refractivity contribution in [1.29, 1.82) is 0 Å². The Morgan fingerprint density at radius 3 is 2.75 bits per heavy atom. The fourth-order valence-electron chi connectivity index (χ4n) is 2.30. The van der Waals surface area contributed by atoms with Crippen LogP contribution >= 0.6 is 0 Å². The number of rotatable bonds is 3. The normalized spacial score (nSPS) is 14.8. The van der Waals surface area contributed by atoms with Crippen LogP contribution in [0.1, 0.15) is 44.9 Å². The van der Waals surface area contributed by atoms with E-state index in [2.05, 4.69) is 10.4 Å². The minimum atomic E-state index is -0.408. The number of aryl methyl sites for hydroxylation is 2. The molecule has 0 fully saturated rings. The molecule has 0 aliphatic heterocycles. The number of nitrogens with zero attached hydrogens (tertiary/aromatic N) is 2. The zero-order valence-corrected chi connectivity index (χ0v) is 12.5. The largest absolute Gasteiger partial charge is 0.354 e. The number of fused-ring (bicyclic) bond motifs is 1. The standard InChI is InChI=1S/C15H23N3O2/c1-15(2,3)14(20)16-8-9-18-13(19)10-11-6-4-5-7-12(11)17-18/h10H,4-9H2,1-3H3,(H,16,20). The molecule has 0 unspecified atom stereocenters. The van der Waals surface area contributed by atoms with Gasteiger partial charge in [-0.3, -0.25) is 9.59 Å². The summed E-state index contributed by atoms with van der Waals surface area (Å²) in [6.07, 6.45) is 4.18. The average Bonchev–Trinajstić information content (AvgIpc) is 2.38. The first kappa shape index (κ1) is 14.8. The highest BCUT2D eigenvalue weighted by atomic mass is 16.2. The number of amides is 1. The van der Waals surface area contributed by atoms with Gasteiger partial charge < -0.3 is 5.32 Å². The lowest BCUT2D eigenvalue weighted by Crippen LogP contribution is -2.38. The highest BCUT2D eigenvalue weighted by Gasteiger charge is 2.20. The van der Waals surface area contributed by atoms with Crippen LogP contribution in [0.4, 0.5) is 0 Å². The van der Waals surface area contributed by atoms with E-state index in [-0.39, 0.29) is 11.5 Å². The molecule has 5 heteroatoms. The molecule has 110 valence electrons. The smallest absolute Gasteiger partial charge is 0.267 e. The lowest BCUT2D eigenvalue weighted by atomic mass is 9.96. The predicted molar refractivity (Wildman–Crippen MR) is 77.6 cm³/mol. The molecule has 1 heterocycles. The van der Waals surface area contributed by atoms with Crippen molar-refractivity contribution in [3.8, 4) is 0 Å². The van der Waals surface area contributed by atoms with Gasteiger partial charge in [-0.1, -0.05) is 20.8 Å². The van der Waals surface area contributed by atoms with E-state index in [1.54, 1.807) is 6.07 Å². The van der Waals surface area contributed by atoms with Crippen molar-refractivity contribution in [2.24, 2.45) is 5.41 Å². The molecule has 5 nitrogen and oxygen atoms in total. The quantitative estimate of drug-likeness (QED) is 0.905. The zero-order valence-electron chi connectivity index (χ0n) is 12.5. The van der Waals surface area contributed by atoms with E-state index in [0.717, 1.165) is 36.9 Å². The first-order valence-electron chi connectivity index (χ1n) is 7.26. The molecule has 20 heavy (non-hydrogen) atoms. The molecular formula is C15H23N3O2. The van der Waals surface area contributed by atoms with E-state index < -0.39 is 5.41 Å². The summed E-state index contributed by atoms with van der Waals surface area (Å²) in [5.41, 5.74) is 1.65. The van der Waals surface area contributed by atoms with Gasteiger partial charge in [-0.25, -0.2) is 4.68 Å². The molecule has 1 aliphatic rings. The van der Waals surface area contributed by atoms with Gasteiger partial charge in [0.05, 0.1) is 12.2 Å². The number of aromatic nitrogens is 2. The van der Waals surface area contributed by atoms with Crippen molar-refractivity contribution in [1.82, 2.24) is 15.1 Å². The minimum Gasteiger partial charge on any atom is -0.354 e. The highest BCUT2D eigenvalue weighted by Crippen LogP contribution is 2.16. The number of hydrogen-bond donors (Lipinski definition) is 1. The van der Waals surface area contributed by atoms with Gasteiger partial charge in [0.15, 0.2) is 0 Å². The third kappa shape index (κ3) is 3.46. The minimum absolute atomic E-state index is 0.0106. The van der Waals surface area contributed by atoms with Gasteiger partial charge in [0, 0.05) is 18.0 Å². The van der Waals surface area contributed by atoms with Crippen LogP contribution in [-0.4, -0.2) is 22.2 Å². The third-order valence-corrected chi connectivity index (χ3v) is 3.56. The molecular weight excluding hydrogens is 254 g/mol. The maximum absolute atomic E-state index is 12.0. The Bertz CT molecular complexity index is 555. The summed E-state index contributed by atoms with van der Waals surface area (Å²) in [5.74, 6) is -0.0106. The number of hydrogen-bond acceptors (Lipinski definition) is 3. The summed E-state index contributed by atoms with van der Waals surface area (Å²) < 4.78 is 1.47. The summed E-state index contributed by atoms with van der Waals surface area (Å²) in [4.78, 5) is 23.7. The number of carbonyl (C=O) groups is 1. The summed E-state index contributed by atoms with van der Waals surface area (Å²) in [6.45, 7) is 6.46. The van der Waals surface area contributed by atoms with E-state index in [0.29, 0.717) is 13.1 Å². The molecule has 1 aliphatic carbocycles. The summed E-state index contributed by atoms with van der Waals surface area (Å²) >= 11 is 0. The molecule has 0 saturated carbocycles. The van der Waals surface area contributed by atoms with Gasteiger partial charge >= 0.3 is 0 Å². The van der Waals surface area contributed by atoms with Crippen LogP contribution in [0.5, 0.6) is 0 Å². The van der Waals surface area contributed by atoms with E-state index >= 15 is 0 Å². The molecule has 0 bridgehead atoms. The topological polar surface area (TPSA) is 64.0 Å². The van der Waals surface area contributed by atoms with Crippen molar-refractivity contribution < 1.29 is 4.79 Å². The molecule has 0 atom stereocenters. The molecule has 1 aromatic rings. The SMILES string of the molecule is CC(C)(C)C(=O)NCCn1nc2c(cc1=O)CCCC2. The van der Waals surface area contributed by atoms with Gasteiger partial charge in [-0.2, -0.15) is 5.10 Å². The molecule has 1 N–H and O–H groups in total. The van der Waals surface area contributed by atoms with Gasteiger partial charge in [0.2, 0.25) is 5.91 Å². The Labute approximate surface area is 119 Å². The second-order valence-electron chi connectivity index (χ2n) is 6.39. The molecule has 1 aromatic heterocycles. The molecule has 0 spiro atoms. The monoisotopic (exact) mass is 277 g/mol. The van der Waals surface area contributed by atoms with Crippen LogP contribution in [0.3, 0.4) is 0 Å². The van der Waals surface area contributed by atoms with Crippen molar-refractivity contribution in [2.75, 3.05) is 6.54 Å². The fraction of sp³-hybridized carbons (Fsp3) is 0.667. The van der Waals surface area contributed by atoms with E-state index in [1.165, 1.54) is 4.68 Å². The Kier molecular flexibility index (Phi) is 4.26. The molecule has 0 aromatic carbocycles. The molecule has 1 amide bonds. The molecule has 2 rings (SSSR count). The molecule has 0 saturated heterocycles. The highest BCUT2D eigenvalue weighted by molar-refractivity contribution is 5.81. The first-order chi connectivity index (χ1) is 9.38. The third-order valence-electron chi connectivity index (χ3n) is 3.56. The lowest BCUT2D eigenvalue weighted by molar-refractivity contribution is -0.128. The van der Waals surface area contributed by atoms with Crippen molar-refractivity contribution in [3.63, 3.8) is 0 Å². The van der Waals surface area contributed by atoms with Crippen LogP contribution < -0.4 is 10.9 Å². The number of nitrogens with one attached hydrogen (secondary N) is 1. The van der Waals surface area contributed by atoms with Gasteiger partial charge in [-0.05, 0) is 31.2 Å². The van der Waals surface area contributed by atoms with Crippen molar-refractivity contribution >= 4 is 5.91 Å². The fourth-order valence-corrected chi connectivity index (χ4v) is 2.30. The zero-order chi connectivity index (χ0) is 14.8. The summed E-state index contributed by atoms with van der Waals surface area (Å²) in [5, 5.41) is 7.26. The van der Waals surface area contributed by atoms with E-state index in [4.69, 9.17) is 0 Å². The van der Waals surface area contributed by atoms with E-state index in [9.17, 15) is 9.59 Å². The maximum Gasteiger partial charge on any atom is 0.267 e. The van der Waals surface area contributed by atoms with Crippen LogP contribution in [-0.2, 0) is 24.2 Å². The van der Waals surface area contributed by atoms with Gasteiger partial charge in [0.25, 0.3) is 5.56 Å². The second-order valence-corrected chi connectivity index (χ2v) is 6.39. The molecule has 0 radical (unpaired) electrons. The van der Waals surface area contributed by atoms with Crippen LogP contribution in [0.25, 0.3) is 0 Å². The summed E-state index contributed by atoms with van der Waals surface area (Å²) in [7, 11) is 0. The van der Waals surface area contributed by atoms with Crippen LogP contribution in [0.2, 0.25) is 0 Å². The van der Waals surface area contributed by atoms with Gasteiger partial charge in [-0.15, -0.1) is 0 Å². The Balaban J connectivity index is 2.00. The maximum atomic E-state index is 12.0. The number of carbonyl (C=O) groups excluding carboxylic acids is 1. The first-order valence-corrected chi connectivity index (χ1v) is 7.26. The summed E-state index contributed by atoms with van der Waals surface area (Å²) in [6, 6.07) is 1.70. The van der Waals surface area contributed by atoms with Crippen LogP contribution in [0.15, 0.2) is 10.9 Å². The van der Waals surface area contributed by atoms with Crippen molar-refractivity contribution in [2.45, 2.75) is 53.0 Å². The van der Waals surface area contributed by atoms with Crippen LogP contribution in [0, 0.1) is 5.41 Å². The van der Waals surface area contributed by atoms with Crippen molar-refractivity contribution in [3.05, 3.63) is 27.7 Å².